The van der Waals surface area contributed by atoms with Gasteiger partial charge >= 0.3 is 5.97 Å². The van der Waals surface area contributed by atoms with E-state index < -0.39 is 29.3 Å². The van der Waals surface area contributed by atoms with E-state index in [2.05, 4.69) is 54.8 Å². The number of pyridine rings is 2. The molecule has 4 aromatic rings. The summed E-state index contributed by atoms with van der Waals surface area (Å²) in [7, 11) is 3.28. The van der Waals surface area contributed by atoms with Crippen molar-refractivity contribution >= 4 is 52.0 Å². The average Bonchev–Trinajstić information content (AvgIpc) is 4.05. The van der Waals surface area contributed by atoms with Gasteiger partial charge in [-0.3, -0.25) is 34.0 Å². The number of hydrogen-bond acceptors (Lipinski definition) is 12. The molecule has 2 N–H and O–H groups in total. The van der Waals surface area contributed by atoms with Crippen molar-refractivity contribution in [2.75, 3.05) is 46.9 Å². The number of nitrogens with one attached hydrogen (secondary N) is 2. The number of thiazole rings is 1. The van der Waals surface area contributed by atoms with E-state index in [4.69, 9.17) is 24.4 Å². The number of fused-ring (bicyclic) bond motifs is 1. The number of aryl methyl sites for hydroxylation is 1. The van der Waals surface area contributed by atoms with E-state index in [9.17, 15) is 24.0 Å². The summed E-state index contributed by atoms with van der Waals surface area (Å²) >= 11 is 1.41. The fourth-order valence-electron chi connectivity index (χ4n) is 8.98. The molecule has 65 heavy (non-hydrogen) atoms. The van der Waals surface area contributed by atoms with Gasteiger partial charge in [0.05, 0.1) is 52.4 Å². The minimum absolute atomic E-state index is 0.110. The Morgan fingerprint density at radius 3 is 2.54 bits per heavy atom. The van der Waals surface area contributed by atoms with Crippen molar-refractivity contribution in [1.82, 2.24) is 45.1 Å². The summed E-state index contributed by atoms with van der Waals surface area (Å²) in [5.41, 5.74) is 9.39. The Morgan fingerprint density at radius 1 is 1.11 bits per heavy atom. The predicted molar refractivity (Wildman–Crippen MR) is 250 cm³/mol. The van der Waals surface area contributed by atoms with Crippen LogP contribution < -0.4 is 10.7 Å². The standard InChI is InChI=1S/C48H65N9O7S/c1-11-39(59)55-23-19-32(26-55)46(61)54(9)42(29(3)4)44(60)53-37(47(62)57-22-14-13-21-50-57)24-33-27-65-45(51-33)36-17-18-38-41(52-36)35(25-48(7,8)28-64-31(6)58)43(56(38)12-2)34-16-15-20-49-40(34)30(5)63-10/h11,15-18,20,27,29-30,32,37,42,50H,1,12-14,19,21-26,28H2,2-10H3,(H,53,60)/t30-,32-,37-,42-/m0/s1. The number of esters is 1. The van der Waals surface area contributed by atoms with Crippen molar-refractivity contribution < 1.29 is 33.4 Å². The second-order valence-electron chi connectivity index (χ2n) is 18.2. The largest absolute Gasteiger partial charge is 0.465 e. The fourth-order valence-corrected chi connectivity index (χ4v) is 9.78. The first kappa shape index (κ1) is 48.9. The van der Waals surface area contributed by atoms with Crippen molar-refractivity contribution in [2.24, 2.45) is 17.3 Å². The normalized spacial score (nSPS) is 16.9. The van der Waals surface area contributed by atoms with Gasteiger partial charge in [-0.2, -0.15) is 0 Å². The number of likely N-dealkylation sites (N-methyl/N-ethyl adjacent to an activating group) is 1. The van der Waals surface area contributed by atoms with E-state index in [0.717, 1.165) is 46.4 Å². The summed E-state index contributed by atoms with van der Waals surface area (Å²) in [5, 5.41) is 7.14. The molecule has 2 aliphatic heterocycles. The molecule has 4 amide bonds. The summed E-state index contributed by atoms with van der Waals surface area (Å²) in [6.45, 7) is 19.6. The van der Waals surface area contributed by atoms with Crippen LogP contribution in [0.4, 0.5) is 0 Å². The summed E-state index contributed by atoms with van der Waals surface area (Å²) in [4.78, 5) is 84.7. The topological polar surface area (TPSA) is 181 Å². The van der Waals surface area contributed by atoms with Crippen molar-refractivity contribution in [3.05, 3.63) is 65.4 Å². The van der Waals surface area contributed by atoms with Crippen molar-refractivity contribution in [2.45, 2.75) is 105 Å². The number of aromatic nitrogens is 4. The Hall–Kier alpha value is -5.52. The van der Waals surface area contributed by atoms with Gasteiger partial charge in [-0.05, 0) is 75.8 Å². The third kappa shape index (κ3) is 11.1. The summed E-state index contributed by atoms with van der Waals surface area (Å²) in [5.74, 6) is -2.25. The monoisotopic (exact) mass is 911 g/mol. The van der Waals surface area contributed by atoms with E-state index in [1.807, 2.05) is 38.3 Å². The van der Waals surface area contributed by atoms with Gasteiger partial charge in [0, 0.05) is 88.3 Å². The molecular weight excluding hydrogens is 847 g/mol. The molecule has 0 saturated carbocycles. The third-order valence-electron chi connectivity index (χ3n) is 12.3. The first-order valence-corrected chi connectivity index (χ1v) is 23.5. The van der Waals surface area contributed by atoms with Crippen LogP contribution in [0.15, 0.2) is 48.5 Å². The highest BCUT2D eigenvalue weighted by Gasteiger charge is 2.39. The van der Waals surface area contributed by atoms with Gasteiger partial charge < -0.3 is 29.2 Å². The van der Waals surface area contributed by atoms with Gasteiger partial charge in [0.2, 0.25) is 17.7 Å². The van der Waals surface area contributed by atoms with Gasteiger partial charge in [-0.1, -0.05) is 34.3 Å². The first-order valence-electron chi connectivity index (χ1n) is 22.6. The van der Waals surface area contributed by atoms with Crippen LogP contribution in [0.3, 0.4) is 0 Å². The second-order valence-corrected chi connectivity index (χ2v) is 19.1. The number of carbonyl (C=O) groups is 5. The van der Waals surface area contributed by atoms with E-state index in [-0.39, 0.29) is 55.3 Å². The smallest absolute Gasteiger partial charge is 0.302 e. The summed E-state index contributed by atoms with van der Waals surface area (Å²) in [6.07, 6.45) is 5.62. The van der Waals surface area contributed by atoms with Gasteiger partial charge in [0.25, 0.3) is 5.91 Å². The molecule has 0 aromatic carbocycles. The van der Waals surface area contributed by atoms with Crippen molar-refractivity contribution in [3.63, 3.8) is 0 Å². The van der Waals surface area contributed by atoms with E-state index in [0.29, 0.717) is 55.4 Å². The van der Waals surface area contributed by atoms with Gasteiger partial charge in [0.15, 0.2) is 0 Å². The molecule has 4 atom stereocenters. The zero-order valence-corrected chi connectivity index (χ0v) is 40.1. The highest BCUT2D eigenvalue weighted by atomic mass is 32.1. The molecule has 0 bridgehead atoms. The number of likely N-dealkylation sites (tertiary alicyclic amines) is 1. The second kappa shape index (κ2) is 21.2. The molecule has 6 heterocycles. The Balaban J connectivity index is 1.33. The number of carbonyl (C=O) groups excluding carboxylic acids is 5. The molecule has 6 rings (SSSR count). The lowest BCUT2D eigenvalue weighted by atomic mass is 9.85. The van der Waals surface area contributed by atoms with Crippen LogP contribution in [0.1, 0.15) is 90.8 Å². The summed E-state index contributed by atoms with van der Waals surface area (Å²) < 4.78 is 13.6. The van der Waals surface area contributed by atoms with Crippen LogP contribution in [0.5, 0.6) is 0 Å². The molecule has 350 valence electrons. The number of amides is 4. The zero-order chi connectivity index (χ0) is 47.2. The number of nitrogens with zero attached hydrogens (tertiary/aromatic N) is 7. The molecule has 2 aliphatic rings. The maximum absolute atomic E-state index is 14.3. The number of rotatable bonds is 18. The van der Waals surface area contributed by atoms with Crippen LogP contribution in [0.2, 0.25) is 0 Å². The molecule has 2 saturated heterocycles. The lowest BCUT2D eigenvalue weighted by Gasteiger charge is -2.35. The lowest BCUT2D eigenvalue weighted by molar-refractivity contribution is -0.146. The Labute approximate surface area is 386 Å². The zero-order valence-electron chi connectivity index (χ0n) is 39.3. The number of methoxy groups -OCH3 is 1. The molecule has 0 unspecified atom stereocenters. The number of hydrazine groups is 1. The Bertz CT molecular complexity index is 2390. The van der Waals surface area contributed by atoms with Gasteiger partial charge in [-0.25, -0.2) is 15.4 Å². The SMILES string of the molecule is C=CC(=O)N1CC[C@H](C(=O)N(C)[C@H](C(=O)N[C@@H](Cc2csc(-c3ccc4c(n3)c(CC(C)(C)COC(C)=O)c(-c3cccnc3[C@H](C)OC)n4CC)n2)C(=O)N2CCCCN2)C(C)C)C1. The van der Waals surface area contributed by atoms with Crippen LogP contribution in [-0.4, -0.2) is 123 Å². The van der Waals surface area contributed by atoms with Crippen LogP contribution in [0, 0.1) is 17.3 Å². The van der Waals surface area contributed by atoms with Crippen molar-refractivity contribution in [1.29, 1.82) is 0 Å². The molecule has 16 nitrogen and oxygen atoms in total. The number of hydrogen-bond donors (Lipinski definition) is 2. The average molecular weight is 912 g/mol. The summed E-state index contributed by atoms with van der Waals surface area (Å²) in [6, 6.07) is 6.14. The van der Waals surface area contributed by atoms with Crippen LogP contribution in [-0.2, 0) is 52.8 Å². The first-order chi connectivity index (χ1) is 31.0. The quantitative estimate of drug-likeness (QED) is 0.0917. The fraction of sp³-hybridized carbons (Fsp3) is 0.542. The van der Waals surface area contributed by atoms with Gasteiger partial charge in [0.1, 0.15) is 17.1 Å². The molecule has 0 spiro atoms. The Morgan fingerprint density at radius 2 is 1.88 bits per heavy atom. The maximum Gasteiger partial charge on any atom is 0.302 e. The minimum Gasteiger partial charge on any atom is -0.465 e. The van der Waals surface area contributed by atoms with Crippen LogP contribution >= 0.6 is 11.3 Å². The van der Waals surface area contributed by atoms with Crippen molar-refractivity contribution in [3.8, 4) is 22.0 Å². The van der Waals surface area contributed by atoms with E-state index >= 15 is 0 Å². The predicted octanol–water partition coefficient (Wildman–Crippen LogP) is 5.75. The minimum atomic E-state index is -0.981. The molecule has 0 radical (unpaired) electrons. The third-order valence-corrected chi connectivity index (χ3v) is 13.3. The maximum atomic E-state index is 14.3. The van der Waals surface area contributed by atoms with Gasteiger partial charge in [-0.15, -0.1) is 11.3 Å². The lowest BCUT2D eigenvalue weighted by Crippen LogP contribution is -2.59. The van der Waals surface area contributed by atoms with Crippen LogP contribution in [0.25, 0.3) is 33.0 Å². The highest BCUT2D eigenvalue weighted by molar-refractivity contribution is 7.13. The van der Waals surface area contributed by atoms with E-state index in [1.54, 1.807) is 30.3 Å². The molecule has 2 fully saturated rings. The Kier molecular flexibility index (Phi) is 16.0. The molecular formula is C48H65N9O7S. The number of ether oxygens (including phenoxy) is 2. The molecule has 0 aliphatic carbocycles. The molecule has 4 aromatic heterocycles. The molecule has 17 heteroatoms. The van der Waals surface area contributed by atoms with E-state index in [1.165, 1.54) is 29.2 Å². The highest BCUT2D eigenvalue weighted by Crippen LogP contribution is 2.41.